The molecule has 2 atom stereocenters. The van der Waals surface area contributed by atoms with Crippen LogP contribution in [-0.2, 0) is 16.6 Å². The standard InChI is InChI=1S/C22H35N3O4/c1-4-5-6-10-13-18-16-17-19(25-22(28)23(2)21(27)24(18)25)14-11-8-7-9-12-15-20(26)29-3/h10,13,16-19H,4-9,11-12,14-15H2,1-3H3/b13-10+. The first kappa shape index (κ1) is 23.0. The van der Waals surface area contributed by atoms with Crippen LogP contribution in [0.1, 0.15) is 83.2 Å². The molecule has 7 nitrogen and oxygen atoms in total. The van der Waals surface area contributed by atoms with E-state index in [2.05, 4.69) is 23.8 Å². The number of unbranched alkanes of at least 4 members (excludes halogenated alkanes) is 6. The number of rotatable bonds is 12. The number of methoxy groups -OCH3 is 1. The minimum atomic E-state index is -0.266. The molecule has 162 valence electrons. The van der Waals surface area contributed by atoms with E-state index in [-0.39, 0.29) is 29.4 Å². The third-order valence-corrected chi connectivity index (χ3v) is 5.49. The molecule has 0 spiro atoms. The molecule has 0 aliphatic carbocycles. The fraction of sp³-hybridized carbons (Fsp3) is 0.682. The van der Waals surface area contributed by atoms with E-state index in [0.717, 1.165) is 57.8 Å². The lowest BCUT2D eigenvalue weighted by molar-refractivity contribution is -0.140. The van der Waals surface area contributed by atoms with Gasteiger partial charge in [0.15, 0.2) is 0 Å². The molecule has 1 aliphatic heterocycles. The van der Waals surface area contributed by atoms with Crippen molar-refractivity contribution in [2.45, 2.75) is 83.2 Å². The van der Waals surface area contributed by atoms with Crippen LogP contribution in [0.3, 0.4) is 0 Å². The Morgan fingerprint density at radius 3 is 2.45 bits per heavy atom. The summed E-state index contributed by atoms with van der Waals surface area (Å²) in [7, 11) is 2.95. The molecular formula is C22H35N3O4. The molecule has 1 aromatic heterocycles. The van der Waals surface area contributed by atoms with Gasteiger partial charge in [0, 0.05) is 13.5 Å². The van der Waals surface area contributed by atoms with Gasteiger partial charge in [-0.3, -0.25) is 4.79 Å². The zero-order chi connectivity index (χ0) is 21.2. The number of nitrogens with zero attached hydrogens (tertiary/aromatic N) is 3. The maximum Gasteiger partial charge on any atom is 0.347 e. The Bertz CT molecular complexity index is 828. The molecule has 0 radical (unpaired) electrons. The molecule has 0 aromatic carbocycles. The summed E-state index contributed by atoms with van der Waals surface area (Å²) >= 11 is 0. The number of carbonyl (C=O) groups is 1. The van der Waals surface area contributed by atoms with Crippen LogP contribution >= 0.6 is 0 Å². The third kappa shape index (κ3) is 6.08. The average Bonchev–Trinajstić information content (AvgIpc) is 2.96. The molecule has 0 N–H and O–H groups in total. The highest BCUT2D eigenvalue weighted by Gasteiger charge is 2.26. The lowest BCUT2D eigenvalue weighted by Gasteiger charge is -2.25. The predicted molar refractivity (Wildman–Crippen MR) is 114 cm³/mol. The molecule has 0 fully saturated rings. The molecule has 0 amide bonds. The van der Waals surface area contributed by atoms with E-state index in [9.17, 15) is 14.4 Å². The largest absolute Gasteiger partial charge is 0.469 e. The van der Waals surface area contributed by atoms with Gasteiger partial charge in [-0.2, -0.15) is 0 Å². The Morgan fingerprint density at radius 2 is 1.72 bits per heavy atom. The molecule has 2 rings (SSSR count). The first-order chi connectivity index (χ1) is 14.0. The summed E-state index contributed by atoms with van der Waals surface area (Å²) in [5.41, 5.74) is -0.522. The minimum Gasteiger partial charge on any atom is -0.469 e. The first-order valence-electron chi connectivity index (χ1n) is 10.8. The second-order valence-electron chi connectivity index (χ2n) is 7.71. The van der Waals surface area contributed by atoms with Crippen molar-refractivity contribution in [1.82, 2.24) is 13.9 Å². The Hall–Kier alpha value is -2.31. The monoisotopic (exact) mass is 405 g/mol. The molecule has 1 aliphatic rings. The van der Waals surface area contributed by atoms with Crippen molar-refractivity contribution in [2.24, 2.45) is 7.05 Å². The minimum absolute atomic E-state index is 0.0910. The summed E-state index contributed by atoms with van der Waals surface area (Å²) in [4.78, 5) is 36.4. The number of hydrogen-bond acceptors (Lipinski definition) is 4. The maximum atomic E-state index is 12.6. The lowest BCUT2D eigenvalue weighted by atomic mass is 10.0. The van der Waals surface area contributed by atoms with E-state index in [0.29, 0.717) is 6.42 Å². The van der Waals surface area contributed by atoms with Gasteiger partial charge >= 0.3 is 17.3 Å². The fourth-order valence-electron chi connectivity index (χ4n) is 3.73. The van der Waals surface area contributed by atoms with Gasteiger partial charge < -0.3 is 4.74 Å². The molecular weight excluding hydrogens is 370 g/mol. The highest BCUT2D eigenvalue weighted by atomic mass is 16.5. The van der Waals surface area contributed by atoms with Crippen molar-refractivity contribution in [3.05, 3.63) is 45.3 Å². The molecule has 7 heteroatoms. The summed E-state index contributed by atoms with van der Waals surface area (Å²) in [6, 6.07) is -0.297. The third-order valence-electron chi connectivity index (χ3n) is 5.49. The number of carbonyl (C=O) groups excluding carboxylic acids is 1. The van der Waals surface area contributed by atoms with Crippen molar-refractivity contribution in [3.8, 4) is 0 Å². The van der Waals surface area contributed by atoms with Crippen LogP contribution < -0.4 is 11.4 Å². The van der Waals surface area contributed by atoms with Crippen LogP contribution in [0.15, 0.2) is 33.9 Å². The van der Waals surface area contributed by atoms with Gasteiger partial charge in [0.05, 0.1) is 19.2 Å². The Labute approximate surface area is 172 Å². The van der Waals surface area contributed by atoms with Gasteiger partial charge in [0.1, 0.15) is 0 Å². The second kappa shape index (κ2) is 11.6. The summed E-state index contributed by atoms with van der Waals surface area (Å²) in [6.07, 6.45) is 17.6. The Kier molecular flexibility index (Phi) is 9.22. The van der Waals surface area contributed by atoms with E-state index in [1.54, 1.807) is 16.4 Å². The van der Waals surface area contributed by atoms with Gasteiger partial charge in [-0.25, -0.2) is 23.5 Å². The Balaban J connectivity index is 1.95. The summed E-state index contributed by atoms with van der Waals surface area (Å²) < 4.78 is 9.05. The fourth-order valence-corrected chi connectivity index (χ4v) is 3.73. The zero-order valence-corrected chi connectivity index (χ0v) is 18.0. The predicted octanol–water partition coefficient (Wildman–Crippen LogP) is 3.65. The maximum absolute atomic E-state index is 12.6. The lowest BCUT2D eigenvalue weighted by Crippen LogP contribution is -2.34. The zero-order valence-electron chi connectivity index (χ0n) is 18.0. The van der Waals surface area contributed by atoms with Crippen LogP contribution in [0.5, 0.6) is 0 Å². The number of allylic oxidation sites excluding steroid dienone is 4. The van der Waals surface area contributed by atoms with Crippen LogP contribution in [0.2, 0.25) is 0 Å². The van der Waals surface area contributed by atoms with E-state index in [1.807, 2.05) is 12.2 Å². The van der Waals surface area contributed by atoms with Crippen molar-refractivity contribution < 1.29 is 9.53 Å². The van der Waals surface area contributed by atoms with Crippen molar-refractivity contribution >= 4 is 5.97 Å². The quantitative estimate of drug-likeness (QED) is 0.302. The molecule has 1 aromatic rings. The highest BCUT2D eigenvalue weighted by Crippen LogP contribution is 2.24. The molecule has 0 saturated heterocycles. The topological polar surface area (TPSA) is 75.2 Å². The smallest absolute Gasteiger partial charge is 0.347 e. The van der Waals surface area contributed by atoms with E-state index >= 15 is 0 Å². The Morgan fingerprint density at radius 1 is 1.03 bits per heavy atom. The van der Waals surface area contributed by atoms with Crippen molar-refractivity contribution in [2.75, 3.05) is 7.11 Å². The summed E-state index contributed by atoms with van der Waals surface area (Å²) in [5.74, 6) is -0.155. The van der Waals surface area contributed by atoms with Crippen LogP contribution in [0.4, 0.5) is 0 Å². The molecule has 2 heterocycles. The van der Waals surface area contributed by atoms with E-state index in [1.165, 1.54) is 11.7 Å². The van der Waals surface area contributed by atoms with Crippen molar-refractivity contribution in [3.63, 3.8) is 0 Å². The van der Waals surface area contributed by atoms with Gasteiger partial charge in [0.2, 0.25) is 0 Å². The normalized spacial score (nSPS) is 18.3. The highest BCUT2D eigenvalue weighted by molar-refractivity contribution is 5.68. The second-order valence-corrected chi connectivity index (χ2v) is 7.71. The number of fused-ring (bicyclic) bond motifs is 1. The van der Waals surface area contributed by atoms with Crippen LogP contribution in [0.25, 0.3) is 0 Å². The van der Waals surface area contributed by atoms with Crippen LogP contribution in [-0.4, -0.2) is 27.0 Å². The summed E-state index contributed by atoms with van der Waals surface area (Å²) in [6.45, 7) is 2.15. The number of hydrogen-bond donors (Lipinski definition) is 0. The number of aromatic nitrogens is 3. The number of ether oxygens (including phenoxy) is 1. The van der Waals surface area contributed by atoms with E-state index < -0.39 is 0 Å². The van der Waals surface area contributed by atoms with Gasteiger partial charge in [-0.15, -0.1) is 0 Å². The molecule has 29 heavy (non-hydrogen) atoms. The van der Waals surface area contributed by atoms with E-state index in [4.69, 9.17) is 0 Å². The molecule has 2 unspecified atom stereocenters. The SMILES string of the molecule is CCCC/C=C/C1C=CC(CCCCCCCC(=O)OC)n2c(=O)n(C)c(=O)n21. The molecule has 0 saturated carbocycles. The average molecular weight is 406 g/mol. The summed E-state index contributed by atoms with van der Waals surface area (Å²) in [5, 5.41) is 0. The van der Waals surface area contributed by atoms with Gasteiger partial charge in [-0.1, -0.05) is 69.8 Å². The molecule has 0 bridgehead atoms. The van der Waals surface area contributed by atoms with Crippen LogP contribution in [0, 0.1) is 0 Å². The van der Waals surface area contributed by atoms with Gasteiger partial charge in [-0.05, 0) is 19.3 Å². The number of esters is 1. The van der Waals surface area contributed by atoms with Crippen molar-refractivity contribution in [1.29, 1.82) is 0 Å². The van der Waals surface area contributed by atoms with Gasteiger partial charge in [0.25, 0.3) is 0 Å². The first-order valence-corrected chi connectivity index (χ1v) is 10.8.